The lowest BCUT2D eigenvalue weighted by atomic mass is 10.2. The minimum atomic E-state index is -0.603. The van der Waals surface area contributed by atoms with Crippen LogP contribution in [0.3, 0.4) is 0 Å². The Hall–Kier alpha value is -2.48. The van der Waals surface area contributed by atoms with Crippen LogP contribution in [0, 0.1) is 10.1 Å². The van der Waals surface area contributed by atoms with Crippen molar-refractivity contribution in [3.8, 4) is 0 Å². The molecule has 0 saturated heterocycles. The average molecular weight is 252 g/mol. The number of carbonyl (C=O) groups excluding carboxylic acids is 2. The lowest BCUT2D eigenvalue weighted by Gasteiger charge is -2.06. The van der Waals surface area contributed by atoms with Crippen LogP contribution >= 0.6 is 0 Å². The highest BCUT2D eigenvalue weighted by atomic mass is 16.6. The van der Waals surface area contributed by atoms with Crippen LogP contribution in [0.2, 0.25) is 0 Å². The number of nitrogens with zero attached hydrogens (tertiary/aromatic N) is 1. The van der Waals surface area contributed by atoms with Crippen molar-refractivity contribution in [1.29, 1.82) is 0 Å². The number of nitrogens with two attached hydrogens (primary N) is 1. The van der Waals surface area contributed by atoms with E-state index in [4.69, 9.17) is 5.73 Å². The van der Waals surface area contributed by atoms with E-state index in [-0.39, 0.29) is 24.5 Å². The zero-order valence-corrected chi connectivity index (χ0v) is 9.38. The fraction of sp³-hybridized carbons (Fsp3) is 0.200. The van der Waals surface area contributed by atoms with Crippen LogP contribution in [-0.4, -0.2) is 29.8 Å². The van der Waals surface area contributed by atoms with Gasteiger partial charge in [-0.2, -0.15) is 0 Å². The van der Waals surface area contributed by atoms with E-state index in [1.54, 1.807) is 6.07 Å². The number of amides is 2. The maximum absolute atomic E-state index is 11.4. The summed E-state index contributed by atoms with van der Waals surface area (Å²) in [5, 5.41) is 15.3. The minimum Gasteiger partial charge on any atom is -0.346 e. The average Bonchev–Trinajstić information content (AvgIpc) is 2.36. The standard InChI is InChI=1S/C10H12N4O4/c11-5-9(15)12-6-10(16)13-7-3-1-2-4-8(7)14(17)18/h1-4H,5-6,11H2,(H,12,15)(H,13,16). The number of nitrogens with one attached hydrogen (secondary N) is 2. The smallest absolute Gasteiger partial charge is 0.292 e. The molecule has 18 heavy (non-hydrogen) atoms. The summed E-state index contributed by atoms with van der Waals surface area (Å²) in [4.78, 5) is 32.3. The molecule has 0 fully saturated rings. The molecule has 4 N–H and O–H groups in total. The van der Waals surface area contributed by atoms with Crippen LogP contribution in [0.25, 0.3) is 0 Å². The highest BCUT2D eigenvalue weighted by Crippen LogP contribution is 2.22. The number of carbonyl (C=O) groups is 2. The number of nitro groups is 1. The lowest BCUT2D eigenvalue weighted by Crippen LogP contribution is -2.36. The Morgan fingerprint density at radius 1 is 1.28 bits per heavy atom. The lowest BCUT2D eigenvalue weighted by molar-refractivity contribution is -0.383. The summed E-state index contributed by atoms with van der Waals surface area (Å²) in [6, 6.07) is 5.72. The van der Waals surface area contributed by atoms with Crippen molar-refractivity contribution in [1.82, 2.24) is 5.32 Å². The van der Waals surface area contributed by atoms with E-state index in [9.17, 15) is 19.7 Å². The molecule has 0 aliphatic carbocycles. The van der Waals surface area contributed by atoms with Gasteiger partial charge >= 0.3 is 0 Å². The van der Waals surface area contributed by atoms with Gasteiger partial charge in [-0.3, -0.25) is 19.7 Å². The zero-order chi connectivity index (χ0) is 13.5. The van der Waals surface area contributed by atoms with Gasteiger partial charge in [0.25, 0.3) is 5.69 Å². The van der Waals surface area contributed by atoms with E-state index in [0.29, 0.717) is 0 Å². The molecule has 0 aliphatic heterocycles. The summed E-state index contributed by atoms with van der Waals surface area (Å²) in [5.74, 6) is -1.04. The third-order valence-electron chi connectivity index (χ3n) is 2.01. The van der Waals surface area contributed by atoms with Gasteiger partial charge in [-0.25, -0.2) is 0 Å². The molecule has 2 amide bonds. The molecule has 0 saturated carbocycles. The first kappa shape index (κ1) is 13.6. The largest absolute Gasteiger partial charge is 0.346 e. The van der Waals surface area contributed by atoms with E-state index in [1.165, 1.54) is 18.2 Å². The van der Waals surface area contributed by atoms with Crippen LogP contribution < -0.4 is 16.4 Å². The van der Waals surface area contributed by atoms with E-state index < -0.39 is 16.7 Å². The van der Waals surface area contributed by atoms with Crippen molar-refractivity contribution in [3.05, 3.63) is 34.4 Å². The number of para-hydroxylation sites is 2. The normalized spacial score (nSPS) is 9.61. The highest BCUT2D eigenvalue weighted by Gasteiger charge is 2.14. The predicted octanol–water partition coefficient (Wildman–Crippen LogP) is -0.392. The van der Waals surface area contributed by atoms with Crippen molar-refractivity contribution >= 4 is 23.2 Å². The van der Waals surface area contributed by atoms with Crippen LogP contribution in [0.15, 0.2) is 24.3 Å². The first-order chi connectivity index (χ1) is 8.54. The van der Waals surface area contributed by atoms with Crippen LogP contribution in [-0.2, 0) is 9.59 Å². The van der Waals surface area contributed by atoms with E-state index in [0.717, 1.165) is 0 Å². The molecule has 1 aromatic rings. The molecule has 8 heteroatoms. The molecule has 96 valence electrons. The van der Waals surface area contributed by atoms with Crippen molar-refractivity contribution < 1.29 is 14.5 Å². The maximum atomic E-state index is 11.4. The second-order valence-corrected chi connectivity index (χ2v) is 3.30. The van der Waals surface area contributed by atoms with Gasteiger partial charge in [0.15, 0.2) is 0 Å². The second-order valence-electron chi connectivity index (χ2n) is 3.30. The molecule has 0 heterocycles. The monoisotopic (exact) mass is 252 g/mol. The van der Waals surface area contributed by atoms with E-state index >= 15 is 0 Å². The van der Waals surface area contributed by atoms with Crippen molar-refractivity contribution in [2.75, 3.05) is 18.4 Å². The number of rotatable bonds is 5. The SMILES string of the molecule is NCC(=O)NCC(=O)Nc1ccccc1[N+](=O)[O-]. The molecular formula is C10H12N4O4. The molecule has 0 unspecified atom stereocenters. The number of anilines is 1. The van der Waals surface area contributed by atoms with Gasteiger partial charge in [0.1, 0.15) is 5.69 Å². The first-order valence-corrected chi connectivity index (χ1v) is 5.04. The Labute approximate surface area is 102 Å². The van der Waals surface area contributed by atoms with E-state index in [2.05, 4.69) is 10.6 Å². The molecule has 0 atom stereocenters. The highest BCUT2D eigenvalue weighted by molar-refractivity contribution is 5.96. The quantitative estimate of drug-likeness (QED) is 0.485. The van der Waals surface area contributed by atoms with Crippen molar-refractivity contribution in [3.63, 3.8) is 0 Å². The molecule has 0 aromatic heterocycles. The predicted molar refractivity (Wildman–Crippen MR) is 63.8 cm³/mol. The Kier molecular flexibility index (Phi) is 4.76. The molecule has 1 rings (SSSR count). The number of hydrogen-bond donors (Lipinski definition) is 3. The molecule has 0 spiro atoms. The maximum Gasteiger partial charge on any atom is 0.292 e. The number of benzene rings is 1. The number of hydrogen-bond acceptors (Lipinski definition) is 5. The van der Waals surface area contributed by atoms with Gasteiger partial charge in [-0.1, -0.05) is 12.1 Å². The summed E-state index contributed by atoms with van der Waals surface area (Å²) in [6.45, 7) is -0.513. The zero-order valence-electron chi connectivity index (χ0n) is 9.38. The summed E-state index contributed by atoms with van der Waals surface area (Å²) >= 11 is 0. The first-order valence-electron chi connectivity index (χ1n) is 5.04. The summed E-state index contributed by atoms with van der Waals surface area (Å²) < 4.78 is 0. The fourth-order valence-electron chi connectivity index (χ4n) is 1.18. The van der Waals surface area contributed by atoms with Gasteiger partial charge < -0.3 is 16.4 Å². The van der Waals surface area contributed by atoms with Gasteiger partial charge in [0.2, 0.25) is 11.8 Å². The van der Waals surface area contributed by atoms with Gasteiger partial charge in [-0.15, -0.1) is 0 Å². The summed E-state index contributed by atoms with van der Waals surface area (Å²) in [7, 11) is 0. The van der Waals surface area contributed by atoms with Gasteiger partial charge in [0, 0.05) is 6.07 Å². The topological polar surface area (TPSA) is 127 Å². The fourth-order valence-corrected chi connectivity index (χ4v) is 1.18. The molecule has 1 aromatic carbocycles. The molecule has 0 aliphatic rings. The van der Waals surface area contributed by atoms with Crippen LogP contribution in [0.5, 0.6) is 0 Å². The van der Waals surface area contributed by atoms with Crippen LogP contribution in [0.1, 0.15) is 0 Å². The van der Waals surface area contributed by atoms with Gasteiger partial charge in [-0.05, 0) is 6.07 Å². The minimum absolute atomic E-state index is 0.0782. The van der Waals surface area contributed by atoms with Crippen molar-refractivity contribution in [2.24, 2.45) is 5.73 Å². The Morgan fingerprint density at radius 3 is 2.56 bits per heavy atom. The van der Waals surface area contributed by atoms with Crippen LogP contribution in [0.4, 0.5) is 11.4 Å². The summed E-state index contributed by atoms with van der Waals surface area (Å²) in [6.07, 6.45) is 0. The Balaban J connectivity index is 2.65. The molecule has 8 nitrogen and oxygen atoms in total. The van der Waals surface area contributed by atoms with E-state index in [1.807, 2.05) is 0 Å². The Bertz CT molecular complexity index is 475. The third-order valence-corrected chi connectivity index (χ3v) is 2.01. The second kappa shape index (κ2) is 6.30. The molecule has 0 bridgehead atoms. The van der Waals surface area contributed by atoms with Crippen molar-refractivity contribution in [2.45, 2.75) is 0 Å². The Morgan fingerprint density at radius 2 is 1.94 bits per heavy atom. The molecule has 0 radical (unpaired) electrons. The summed E-state index contributed by atoms with van der Waals surface area (Å²) in [5.41, 5.74) is 4.91. The third kappa shape index (κ3) is 3.83. The van der Waals surface area contributed by atoms with Gasteiger partial charge in [0.05, 0.1) is 18.0 Å². The molecular weight excluding hydrogens is 240 g/mol. The number of nitro benzene ring substituents is 1.